The fourth-order valence-corrected chi connectivity index (χ4v) is 2.95. The van der Waals surface area contributed by atoms with Crippen LogP contribution in [0.15, 0.2) is 53.3 Å². The second kappa shape index (κ2) is 7.39. The van der Waals surface area contributed by atoms with Gasteiger partial charge in [0, 0.05) is 12.4 Å². The molecule has 0 aliphatic rings. The average molecular weight is 351 g/mol. The molecule has 26 heavy (non-hydrogen) atoms. The molecule has 1 atom stereocenters. The van der Waals surface area contributed by atoms with Crippen molar-refractivity contribution in [1.82, 2.24) is 15.1 Å². The minimum Gasteiger partial charge on any atom is -0.497 e. The smallest absolute Gasteiger partial charge is 0.274 e. The highest BCUT2D eigenvalue weighted by atomic mass is 16.5. The van der Waals surface area contributed by atoms with E-state index in [-0.39, 0.29) is 23.2 Å². The summed E-state index contributed by atoms with van der Waals surface area (Å²) in [6.45, 7) is 2.00. The van der Waals surface area contributed by atoms with Crippen LogP contribution >= 0.6 is 0 Å². The van der Waals surface area contributed by atoms with E-state index in [0.717, 1.165) is 17.7 Å². The summed E-state index contributed by atoms with van der Waals surface area (Å²) in [5, 5.41) is 8.23. The van der Waals surface area contributed by atoms with Crippen LogP contribution in [0.2, 0.25) is 0 Å². The Morgan fingerprint density at radius 2 is 1.81 bits per heavy atom. The Hall–Kier alpha value is -3.15. The number of nitrogens with zero attached hydrogens (tertiary/aromatic N) is 2. The zero-order chi connectivity index (χ0) is 18.7. The Kier molecular flexibility index (Phi) is 5.02. The molecule has 1 amide bonds. The first-order chi connectivity index (χ1) is 12.5. The summed E-state index contributed by atoms with van der Waals surface area (Å²) in [5.74, 6) is 0.458. The summed E-state index contributed by atoms with van der Waals surface area (Å²) >= 11 is 0. The van der Waals surface area contributed by atoms with Gasteiger partial charge in [0.2, 0.25) is 0 Å². The number of aryl methyl sites for hydroxylation is 1. The summed E-state index contributed by atoms with van der Waals surface area (Å²) in [5.41, 5.74) is 1.00. The number of carbonyl (C=O) groups excluding carboxylic acids is 1. The van der Waals surface area contributed by atoms with Gasteiger partial charge >= 0.3 is 0 Å². The van der Waals surface area contributed by atoms with Gasteiger partial charge in [-0.3, -0.25) is 9.59 Å². The maximum Gasteiger partial charge on any atom is 0.274 e. The van der Waals surface area contributed by atoms with Crippen LogP contribution in [-0.4, -0.2) is 22.8 Å². The Morgan fingerprint density at radius 1 is 1.15 bits per heavy atom. The van der Waals surface area contributed by atoms with E-state index >= 15 is 0 Å². The van der Waals surface area contributed by atoms with E-state index < -0.39 is 0 Å². The van der Waals surface area contributed by atoms with Crippen molar-refractivity contribution >= 4 is 16.7 Å². The SMILES string of the molecule is CCC(NC(=O)c1nn(C)c(=O)c2ccccc12)c1ccc(OC)cc1. The normalized spacial score (nSPS) is 12.0. The van der Waals surface area contributed by atoms with Gasteiger partial charge in [-0.15, -0.1) is 0 Å². The summed E-state index contributed by atoms with van der Waals surface area (Å²) in [4.78, 5) is 25.1. The van der Waals surface area contributed by atoms with Crippen LogP contribution in [0.5, 0.6) is 5.75 Å². The molecule has 1 unspecified atom stereocenters. The predicted molar refractivity (Wildman–Crippen MR) is 100 cm³/mol. The lowest BCUT2D eigenvalue weighted by Gasteiger charge is -2.18. The second-order valence-electron chi connectivity index (χ2n) is 6.03. The van der Waals surface area contributed by atoms with Crippen LogP contribution in [-0.2, 0) is 7.05 Å². The van der Waals surface area contributed by atoms with Gasteiger partial charge in [-0.25, -0.2) is 4.68 Å². The fourth-order valence-electron chi connectivity index (χ4n) is 2.95. The Labute approximate surface area is 151 Å². The van der Waals surface area contributed by atoms with Crippen molar-refractivity contribution in [2.24, 2.45) is 7.05 Å². The number of fused-ring (bicyclic) bond motifs is 1. The van der Waals surface area contributed by atoms with Crippen molar-refractivity contribution in [2.45, 2.75) is 19.4 Å². The van der Waals surface area contributed by atoms with E-state index in [1.807, 2.05) is 31.2 Å². The molecular weight excluding hydrogens is 330 g/mol. The summed E-state index contributed by atoms with van der Waals surface area (Å²) in [6, 6.07) is 14.4. The standard InChI is InChI=1S/C20H21N3O3/c1-4-17(13-9-11-14(26-3)12-10-13)21-19(24)18-15-7-5-6-8-16(15)20(25)23(2)22-18/h5-12,17H,4H2,1-3H3,(H,21,24). The van der Waals surface area contributed by atoms with E-state index in [0.29, 0.717) is 10.8 Å². The molecule has 2 aromatic carbocycles. The van der Waals surface area contributed by atoms with Crippen LogP contribution in [0.25, 0.3) is 10.8 Å². The monoisotopic (exact) mass is 351 g/mol. The highest BCUT2D eigenvalue weighted by Gasteiger charge is 2.19. The van der Waals surface area contributed by atoms with Crippen LogP contribution in [0.3, 0.4) is 0 Å². The van der Waals surface area contributed by atoms with E-state index in [1.165, 1.54) is 4.68 Å². The zero-order valence-corrected chi connectivity index (χ0v) is 15.0. The van der Waals surface area contributed by atoms with Crippen LogP contribution in [0.4, 0.5) is 0 Å². The maximum absolute atomic E-state index is 12.9. The van der Waals surface area contributed by atoms with E-state index in [2.05, 4.69) is 10.4 Å². The van der Waals surface area contributed by atoms with Crippen molar-refractivity contribution in [3.8, 4) is 5.75 Å². The summed E-state index contributed by atoms with van der Waals surface area (Å²) < 4.78 is 6.38. The first kappa shape index (κ1) is 17.7. The number of hydrogen-bond acceptors (Lipinski definition) is 4. The van der Waals surface area contributed by atoms with Gasteiger partial charge in [0.25, 0.3) is 11.5 Å². The molecule has 0 fully saturated rings. The summed E-state index contributed by atoms with van der Waals surface area (Å²) in [6.07, 6.45) is 0.724. The largest absolute Gasteiger partial charge is 0.497 e. The highest BCUT2D eigenvalue weighted by Crippen LogP contribution is 2.21. The highest BCUT2D eigenvalue weighted by molar-refractivity contribution is 6.04. The zero-order valence-electron chi connectivity index (χ0n) is 15.0. The lowest BCUT2D eigenvalue weighted by atomic mass is 10.0. The Balaban J connectivity index is 1.95. The molecule has 3 rings (SSSR count). The fraction of sp³-hybridized carbons (Fsp3) is 0.250. The van der Waals surface area contributed by atoms with Gasteiger partial charge in [0.1, 0.15) is 5.75 Å². The molecule has 1 heterocycles. The van der Waals surface area contributed by atoms with Gasteiger partial charge in [0.15, 0.2) is 5.69 Å². The lowest BCUT2D eigenvalue weighted by molar-refractivity contribution is 0.0930. The molecule has 6 heteroatoms. The predicted octanol–water partition coefficient (Wildman–Crippen LogP) is 2.82. The molecule has 0 spiro atoms. The number of hydrogen-bond donors (Lipinski definition) is 1. The van der Waals surface area contributed by atoms with Crippen molar-refractivity contribution in [3.05, 3.63) is 70.1 Å². The molecule has 3 aromatic rings. The molecule has 134 valence electrons. The topological polar surface area (TPSA) is 73.2 Å². The third-order valence-corrected chi connectivity index (χ3v) is 4.40. The molecule has 0 aliphatic carbocycles. The molecule has 0 bridgehead atoms. The molecule has 1 aromatic heterocycles. The van der Waals surface area contributed by atoms with Gasteiger partial charge in [0.05, 0.1) is 18.5 Å². The van der Waals surface area contributed by atoms with Crippen molar-refractivity contribution in [1.29, 1.82) is 0 Å². The molecular formula is C20H21N3O3. The van der Waals surface area contributed by atoms with E-state index in [4.69, 9.17) is 4.74 Å². The molecule has 0 saturated carbocycles. The number of rotatable bonds is 5. The molecule has 6 nitrogen and oxygen atoms in total. The minimum atomic E-state index is -0.306. The number of carbonyl (C=O) groups is 1. The lowest BCUT2D eigenvalue weighted by Crippen LogP contribution is -2.32. The van der Waals surface area contributed by atoms with Gasteiger partial charge in [-0.2, -0.15) is 5.10 Å². The molecule has 0 saturated heterocycles. The number of nitrogens with one attached hydrogen (secondary N) is 1. The third-order valence-electron chi connectivity index (χ3n) is 4.40. The first-order valence-electron chi connectivity index (χ1n) is 8.46. The van der Waals surface area contributed by atoms with Crippen molar-refractivity contribution in [3.63, 3.8) is 0 Å². The van der Waals surface area contributed by atoms with Crippen LogP contribution in [0, 0.1) is 0 Å². The van der Waals surface area contributed by atoms with Gasteiger partial charge in [-0.1, -0.05) is 37.3 Å². The number of ether oxygens (including phenoxy) is 1. The Bertz CT molecular complexity index is 993. The number of methoxy groups -OCH3 is 1. The average Bonchev–Trinajstić information content (AvgIpc) is 2.68. The molecule has 0 aliphatic heterocycles. The van der Waals surface area contributed by atoms with Crippen LogP contribution in [0.1, 0.15) is 35.4 Å². The quantitative estimate of drug-likeness (QED) is 0.767. The van der Waals surface area contributed by atoms with Gasteiger partial charge < -0.3 is 10.1 Å². The second-order valence-corrected chi connectivity index (χ2v) is 6.03. The van der Waals surface area contributed by atoms with Gasteiger partial charge in [-0.05, 0) is 30.2 Å². The maximum atomic E-state index is 12.9. The van der Waals surface area contributed by atoms with Crippen molar-refractivity contribution < 1.29 is 9.53 Å². The molecule has 0 radical (unpaired) electrons. The van der Waals surface area contributed by atoms with E-state index in [9.17, 15) is 9.59 Å². The number of benzene rings is 2. The number of aromatic nitrogens is 2. The van der Waals surface area contributed by atoms with Crippen molar-refractivity contribution in [2.75, 3.05) is 7.11 Å². The third kappa shape index (κ3) is 3.31. The van der Waals surface area contributed by atoms with Crippen LogP contribution < -0.4 is 15.6 Å². The summed E-state index contributed by atoms with van der Waals surface area (Å²) in [7, 11) is 3.16. The minimum absolute atomic E-state index is 0.161. The first-order valence-corrected chi connectivity index (χ1v) is 8.46. The number of amides is 1. The Morgan fingerprint density at radius 3 is 2.42 bits per heavy atom. The molecule has 1 N–H and O–H groups in total. The van der Waals surface area contributed by atoms with E-state index in [1.54, 1.807) is 38.4 Å².